The van der Waals surface area contributed by atoms with Gasteiger partial charge in [0.05, 0.1) is 31.5 Å². The van der Waals surface area contributed by atoms with Crippen molar-refractivity contribution in [2.24, 2.45) is 0 Å². The highest BCUT2D eigenvalue weighted by atomic mass is 32.1. The van der Waals surface area contributed by atoms with Crippen LogP contribution < -0.4 is 4.74 Å². The Hall–Kier alpha value is -1.86. The maximum Gasteiger partial charge on any atom is 0.268 e. The average Bonchev–Trinajstić information content (AvgIpc) is 3.12. The second-order valence-electron chi connectivity index (χ2n) is 5.10. The molecule has 0 N–H and O–H groups in total. The number of hydrogen-bond acceptors (Lipinski definition) is 5. The van der Waals surface area contributed by atoms with Crippen molar-refractivity contribution in [1.82, 2.24) is 14.7 Å². The van der Waals surface area contributed by atoms with Crippen molar-refractivity contribution in [3.63, 3.8) is 0 Å². The summed E-state index contributed by atoms with van der Waals surface area (Å²) >= 11 is 1.41. The number of amides is 1. The SMILES string of the molecule is CCOc1ccsc1C(=O)N1Cc2ccnn2CC(OC)C1. The number of hydrogen-bond donors (Lipinski definition) is 0. The number of aromatic nitrogens is 2. The molecule has 118 valence electrons. The molecule has 0 spiro atoms. The lowest BCUT2D eigenvalue weighted by molar-refractivity contribution is 0.0451. The van der Waals surface area contributed by atoms with E-state index < -0.39 is 0 Å². The Morgan fingerprint density at radius 3 is 3.09 bits per heavy atom. The van der Waals surface area contributed by atoms with E-state index in [4.69, 9.17) is 9.47 Å². The minimum atomic E-state index is -0.0689. The fraction of sp³-hybridized carbons (Fsp3) is 0.467. The summed E-state index contributed by atoms with van der Waals surface area (Å²) < 4.78 is 12.9. The first kappa shape index (κ1) is 15.1. The third-order valence-corrected chi connectivity index (χ3v) is 4.59. The Balaban J connectivity index is 1.86. The second-order valence-corrected chi connectivity index (χ2v) is 6.01. The summed E-state index contributed by atoms with van der Waals surface area (Å²) in [6.07, 6.45) is 1.69. The Morgan fingerprint density at radius 2 is 2.32 bits per heavy atom. The molecule has 0 aliphatic carbocycles. The van der Waals surface area contributed by atoms with Crippen LogP contribution in [0.25, 0.3) is 0 Å². The smallest absolute Gasteiger partial charge is 0.268 e. The van der Waals surface area contributed by atoms with E-state index >= 15 is 0 Å². The molecule has 1 aliphatic heterocycles. The van der Waals surface area contributed by atoms with Crippen LogP contribution in [0.5, 0.6) is 5.75 Å². The van der Waals surface area contributed by atoms with Gasteiger partial charge in [-0.15, -0.1) is 11.3 Å². The first-order chi connectivity index (χ1) is 10.7. The molecule has 7 heteroatoms. The van der Waals surface area contributed by atoms with Gasteiger partial charge < -0.3 is 14.4 Å². The summed E-state index contributed by atoms with van der Waals surface area (Å²) in [7, 11) is 1.67. The highest BCUT2D eigenvalue weighted by Gasteiger charge is 2.28. The number of nitrogens with zero attached hydrogens (tertiary/aromatic N) is 3. The minimum Gasteiger partial charge on any atom is -0.492 e. The van der Waals surface area contributed by atoms with Gasteiger partial charge in [-0.1, -0.05) is 0 Å². The van der Waals surface area contributed by atoms with Gasteiger partial charge in [-0.25, -0.2) is 0 Å². The average molecular weight is 321 g/mol. The van der Waals surface area contributed by atoms with E-state index in [0.717, 1.165) is 5.69 Å². The molecule has 22 heavy (non-hydrogen) atoms. The van der Waals surface area contributed by atoms with Gasteiger partial charge in [-0.2, -0.15) is 5.10 Å². The normalized spacial score (nSPS) is 17.9. The highest BCUT2D eigenvalue weighted by Crippen LogP contribution is 2.28. The molecule has 6 nitrogen and oxygen atoms in total. The molecule has 0 saturated heterocycles. The van der Waals surface area contributed by atoms with E-state index in [1.807, 2.05) is 34.0 Å². The highest BCUT2D eigenvalue weighted by molar-refractivity contribution is 7.12. The van der Waals surface area contributed by atoms with Gasteiger partial charge in [0, 0.05) is 19.9 Å². The van der Waals surface area contributed by atoms with Crippen LogP contribution in [-0.4, -0.2) is 47.0 Å². The van der Waals surface area contributed by atoms with Crippen LogP contribution in [-0.2, 0) is 17.8 Å². The molecule has 3 heterocycles. The monoisotopic (exact) mass is 321 g/mol. The molecule has 2 aromatic heterocycles. The quantitative estimate of drug-likeness (QED) is 0.864. The van der Waals surface area contributed by atoms with Gasteiger partial charge in [0.15, 0.2) is 0 Å². The molecule has 0 bridgehead atoms. The van der Waals surface area contributed by atoms with Crippen LogP contribution in [0.1, 0.15) is 22.3 Å². The lowest BCUT2D eigenvalue weighted by atomic mass is 10.3. The van der Waals surface area contributed by atoms with Crippen LogP contribution in [0.2, 0.25) is 0 Å². The van der Waals surface area contributed by atoms with E-state index in [0.29, 0.717) is 36.9 Å². The molecular weight excluding hydrogens is 302 g/mol. The molecule has 2 aromatic rings. The van der Waals surface area contributed by atoms with Gasteiger partial charge in [0.1, 0.15) is 10.6 Å². The van der Waals surface area contributed by atoms with Gasteiger partial charge >= 0.3 is 0 Å². The van der Waals surface area contributed by atoms with Crippen molar-refractivity contribution in [3.05, 3.63) is 34.3 Å². The molecule has 1 atom stereocenters. The number of methoxy groups -OCH3 is 1. The van der Waals surface area contributed by atoms with Crippen molar-refractivity contribution >= 4 is 17.2 Å². The zero-order chi connectivity index (χ0) is 15.5. The van der Waals surface area contributed by atoms with Gasteiger partial charge in [0.25, 0.3) is 5.91 Å². The third kappa shape index (κ3) is 2.86. The Bertz CT molecular complexity index is 652. The van der Waals surface area contributed by atoms with Crippen LogP contribution in [0.3, 0.4) is 0 Å². The van der Waals surface area contributed by atoms with E-state index in [-0.39, 0.29) is 12.0 Å². The lowest BCUT2D eigenvalue weighted by Crippen LogP contribution is -2.36. The molecule has 1 unspecified atom stereocenters. The fourth-order valence-electron chi connectivity index (χ4n) is 2.59. The number of carbonyl (C=O) groups is 1. The van der Waals surface area contributed by atoms with Crippen LogP contribution in [0.4, 0.5) is 0 Å². The van der Waals surface area contributed by atoms with Gasteiger partial charge in [0.2, 0.25) is 0 Å². The van der Waals surface area contributed by atoms with E-state index in [9.17, 15) is 4.79 Å². The lowest BCUT2D eigenvalue weighted by Gasteiger charge is -2.23. The first-order valence-corrected chi connectivity index (χ1v) is 8.14. The van der Waals surface area contributed by atoms with Crippen LogP contribution in [0.15, 0.2) is 23.7 Å². The Morgan fingerprint density at radius 1 is 1.45 bits per heavy atom. The first-order valence-electron chi connectivity index (χ1n) is 7.26. The minimum absolute atomic E-state index is 0.0184. The molecule has 0 radical (unpaired) electrons. The van der Waals surface area contributed by atoms with Crippen LogP contribution >= 0.6 is 11.3 Å². The Kier molecular flexibility index (Phi) is 4.44. The summed E-state index contributed by atoms with van der Waals surface area (Å²) in [5, 5.41) is 6.18. The number of thiophene rings is 1. The summed E-state index contributed by atoms with van der Waals surface area (Å²) in [6, 6.07) is 3.79. The van der Waals surface area contributed by atoms with E-state index in [2.05, 4.69) is 5.10 Å². The summed E-state index contributed by atoms with van der Waals surface area (Å²) in [5.74, 6) is 0.638. The van der Waals surface area contributed by atoms with Crippen molar-refractivity contribution in [2.75, 3.05) is 20.3 Å². The van der Waals surface area contributed by atoms with Crippen molar-refractivity contribution in [3.8, 4) is 5.75 Å². The number of fused-ring (bicyclic) bond motifs is 1. The molecular formula is C15H19N3O3S. The maximum absolute atomic E-state index is 12.9. The van der Waals surface area contributed by atoms with Gasteiger partial charge in [-0.3, -0.25) is 9.48 Å². The predicted octanol–water partition coefficient (Wildman–Crippen LogP) is 2.01. The largest absolute Gasteiger partial charge is 0.492 e. The summed E-state index contributed by atoms with van der Waals surface area (Å²) in [4.78, 5) is 15.3. The number of ether oxygens (including phenoxy) is 2. The van der Waals surface area contributed by atoms with Crippen molar-refractivity contribution < 1.29 is 14.3 Å². The zero-order valence-electron chi connectivity index (χ0n) is 12.7. The number of carbonyl (C=O) groups excluding carboxylic acids is 1. The van der Waals surface area contributed by atoms with E-state index in [1.165, 1.54) is 11.3 Å². The molecule has 3 rings (SSSR count). The van der Waals surface area contributed by atoms with Crippen molar-refractivity contribution in [1.29, 1.82) is 0 Å². The summed E-state index contributed by atoms with van der Waals surface area (Å²) in [5.41, 5.74) is 1.02. The third-order valence-electron chi connectivity index (χ3n) is 3.70. The standard InChI is InChI=1S/C15H19N3O3S/c1-3-21-13-5-7-22-14(13)15(19)17-8-11-4-6-16-18(11)10-12(9-17)20-2/h4-7,12H,3,8-10H2,1-2H3. The van der Waals surface area contributed by atoms with Crippen molar-refractivity contribution in [2.45, 2.75) is 26.1 Å². The van der Waals surface area contributed by atoms with E-state index in [1.54, 1.807) is 13.3 Å². The summed E-state index contributed by atoms with van der Waals surface area (Å²) in [6.45, 7) is 4.19. The second kappa shape index (κ2) is 6.50. The molecule has 1 amide bonds. The molecule has 1 aliphatic rings. The zero-order valence-corrected chi connectivity index (χ0v) is 13.5. The predicted molar refractivity (Wildman–Crippen MR) is 83.3 cm³/mol. The fourth-order valence-corrected chi connectivity index (χ4v) is 3.39. The maximum atomic E-state index is 12.9. The molecule has 0 fully saturated rings. The molecule has 0 saturated carbocycles. The number of rotatable bonds is 4. The molecule has 0 aromatic carbocycles. The Labute approximate surface area is 133 Å². The topological polar surface area (TPSA) is 56.6 Å². The van der Waals surface area contributed by atoms with Gasteiger partial charge in [-0.05, 0) is 24.4 Å². The van der Waals surface area contributed by atoms with Crippen LogP contribution in [0, 0.1) is 0 Å².